The highest BCUT2D eigenvalue weighted by molar-refractivity contribution is 7.99. The lowest BCUT2D eigenvalue weighted by molar-refractivity contribution is -0.121. The number of nitrogens with one attached hydrogen (secondary N) is 1. The van der Waals surface area contributed by atoms with Gasteiger partial charge in [0, 0.05) is 22.9 Å². The van der Waals surface area contributed by atoms with Gasteiger partial charge in [0.2, 0.25) is 5.91 Å². The van der Waals surface area contributed by atoms with Crippen molar-refractivity contribution in [3.8, 4) is 0 Å². The summed E-state index contributed by atoms with van der Waals surface area (Å²) in [6, 6.07) is 18.1. The fourth-order valence-corrected chi connectivity index (χ4v) is 4.00. The van der Waals surface area contributed by atoms with Crippen LogP contribution in [0.5, 0.6) is 0 Å². The smallest absolute Gasteiger partial charge is 0.238 e. The van der Waals surface area contributed by atoms with Gasteiger partial charge in [0.1, 0.15) is 0 Å². The van der Waals surface area contributed by atoms with Crippen molar-refractivity contribution in [1.29, 1.82) is 0 Å². The Morgan fingerprint density at radius 1 is 1.08 bits per heavy atom. The predicted octanol–water partition coefficient (Wildman–Crippen LogP) is 3.89. The molecule has 25 heavy (non-hydrogen) atoms. The highest BCUT2D eigenvalue weighted by atomic mass is 32.2. The molecular weight excluding hydrogens is 332 g/mol. The second kappa shape index (κ2) is 8.52. The summed E-state index contributed by atoms with van der Waals surface area (Å²) < 4.78 is 5.73. The van der Waals surface area contributed by atoms with Crippen LogP contribution in [-0.4, -0.2) is 42.6 Å². The van der Waals surface area contributed by atoms with Gasteiger partial charge < -0.3 is 10.1 Å². The first-order valence-corrected chi connectivity index (χ1v) is 9.41. The van der Waals surface area contributed by atoms with Crippen LogP contribution in [0.4, 0.5) is 5.69 Å². The molecule has 1 amide bonds. The van der Waals surface area contributed by atoms with E-state index in [0.717, 1.165) is 28.6 Å². The number of rotatable bonds is 5. The predicted molar refractivity (Wildman–Crippen MR) is 102 cm³/mol. The van der Waals surface area contributed by atoms with Crippen molar-refractivity contribution in [3.63, 3.8) is 0 Å². The van der Waals surface area contributed by atoms with E-state index in [4.69, 9.17) is 4.74 Å². The fraction of sp³-hybridized carbons (Fsp3) is 0.350. The third-order valence-corrected chi connectivity index (χ3v) is 5.08. The summed E-state index contributed by atoms with van der Waals surface area (Å²) in [5, 5.41) is 3.07. The van der Waals surface area contributed by atoms with Crippen LogP contribution in [0.2, 0.25) is 0 Å². The molecule has 0 aliphatic carbocycles. The Kier molecular flexibility index (Phi) is 6.13. The second-order valence-corrected chi connectivity index (χ2v) is 7.53. The van der Waals surface area contributed by atoms with Crippen LogP contribution in [0.15, 0.2) is 64.4 Å². The first-order valence-electron chi connectivity index (χ1n) is 8.60. The summed E-state index contributed by atoms with van der Waals surface area (Å²) in [5.41, 5.74) is 0.857. The Morgan fingerprint density at radius 2 is 1.72 bits per heavy atom. The molecule has 1 aliphatic rings. The number of carbonyl (C=O) groups is 1. The highest BCUT2D eigenvalue weighted by Gasteiger charge is 2.23. The van der Waals surface area contributed by atoms with E-state index in [1.165, 1.54) is 0 Å². The minimum Gasteiger partial charge on any atom is -0.373 e. The van der Waals surface area contributed by atoms with Gasteiger partial charge in [0.15, 0.2) is 0 Å². The Bertz CT molecular complexity index is 698. The minimum atomic E-state index is 0.0161. The second-order valence-electron chi connectivity index (χ2n) is 6.41. The van der Waals surface area contributed by atoms with Crippen molar-refractivity contribution in [1.82, 2.24) is 4.90 Å². The molecule has 1 heterocycles. The summed E-state index contributed by atoms with van der Waals surface area (Å²) in [6.07, 6.45) is 0.329. The largest absolute Gasteiger partial charge is 0.373 e. The maximum atomic E-state index is 12.5. The number of amides is 1. The maximum absolute atomic E-state index is 12.5. The maximum Gasteiger partial charge on any atom is 0.238 e. The molecule has 1 aliphatic heterocycles. The molecule has 1 N–H and O–H groups in total. The van der Waals surface area contributed by atoms with E-state index < -0.39 is 0 Å². The van der Waals surface area contributed by atoms with E-state index in [1.807, 2.05) is 56.3 Å². The van der Waals surface area contributed by atoms with Gasteiger partial charge >= 0.3 is 0 Å². The molecule has 0 bridgehead atoms. The lowest BCUT2D eigenvalue weighted by Crippen LogP contribution is -2.48. The van der Waals surface area contributed by atoms with Crippen LogP contribution >= 0.6 is 11.8 Å². The van der Waals surface area contributed by atoms with E-state index in [0.29, 0.717) is 6.54 Å². The molecule has 5 heteroatoms. The lowest BCUT2D eigenvalue weighted by Gasteiger charge is -2.34. The van der Waals surface area contributed by atoms with Crippen LogP contribution in [-0.2, 0) is 9.53 Å². The third-order valence-electron chi connectivity index (χ3n) is 3.99. The van der Waals surface area contributed by atoms with Crippen molar-refractivity contribution in [3.05, 3.63) is 54.6 Å². The zero-order valence-corrected chi connectivity index (χ0v) is 15.5. The number of anilines is 1. The molecule has 0 aromatic heterocycles. The van der Waals surface area contributed by atoms with Gasteiger partial charge in [-0.3, -0.25) is 9.69 Å². The lowest BCUT2D eigenvalue weighted by atomic mass is 10.2. The van der Waals surface area contributed by atoms with E-state index in [9.17, 15) is 4.79 Å². The third kappa shape index (κ3) is 5.33. The molecule has 0 saturated carbocycles. The number of benzene rings is 2. The molecule has 0 unspecified atom stereocenters. The number of carbonyl (C=O) groups excluding carboxylic acids is 1. The van der Waals surface area contributed by atoms with Gasteiger partial charge in [-0.15, -0.1) is 0 Å². The van der Waals surface area contributed by atoms with Crippen molar-refractivity contribution in [2.75, 3.05) is 25.0 Å². The number of hydrogen-bond donors (Lipinski definition) is 1. The number of ether oxygens (including phenoxy) is 1. The molecule has 0 spiro atoms. The Hall–Kier alpha value is -1.82. The molecule has 2 atom stereocenters. The van der Waals surface area contributed by atoms with E-state index in [1.54, 1.807) is 11.8 Å². The van der Waals surface area contributed by atoms with Gasteiger partial charge in [-0.05, 0) is 38.1 Å². The standard InChI is InChI=1S/C20H24N2O2S/c1-15-12-22(13-16(2)24-15)14-20(23)21-18-10-6-7-11-19(18)25-17-8-4-3-5-9-17/h3-11,15-16H,12-14H2,1-2H3,(H,21,23)/t15-,16+. The van der Waals surface area contributed by atoms with Crippen molar-refractivity contribution >= 4 is 23.4 Å². The van der Waals surface area contributed by atoms with Gasteiger partial charge in [0.25, 0.3) is 0 Å². The number of nitrogens with zero attached hydrogens (tertiary/aromatic N) is 1. The monoisotopic (exact) mass is 356 g/mol. The van der Waals surface area contributed by atoms with E-state index in [2.05, 4.69) is 22.3 Å². The van der Waals surface area contributed by atoms with Crippen LogP contribution in [0.3, 0.4) is 0 Å². The first-order chi connectivity index (χ1) is 12.1. The molecule has 1 saturated heterocycles. The average Bonchev–Trinajstić information content (AvgIpc) is 2.56. The minimum absolute atomic E-state index is 0.0161. The normalized spacial score (nSPS) is 21.0. The summed E-state index contributed by atoms with van der Waals surface area (Å²) in [7, 11) is 0. The number of hydrogen-bond acceptors (Lipinski definition) is 4. The Morgan fingerprint density at radius 3 is 2.44 bits per heavy atom. The van der Waals surface area contributed by atoms with Crippen molar-refractivity contribution in [2.24, 2.45) is 0 Å². The highest BCUT2D eigenvalue weighted by Crippen LogP contribution is 2.33. The van der Waals surface area contributed by atoms with Gasteiger partial charge in [-0.1, -0.05) is 42.1 Å². The van der Waals surface area contributed by atoms with Gasteiger partial charge in [-0.25, -0.2) is 0 Å². The molecule has 3 rings (SSSR count). The summed E-state index contributed by atoms with van der Waals surface area (Å²) in [6.45, 7) is 6.07. The van der Waals surface area contributed by atoms with Crippen LogP contribution in [0, 0.1) is 0 Å². The molecule has 2 aromatic carbocycles. The quantitative estimate of drug-likeness (QED) is 0.883. The number of para-hydroxylation sites is 1. The average molecular weight is 356 g/mol. The zero-order valence-electron chi connectivity index (χ0n) is 14.6. The SMILES string of the molecule is C[C@@H]1CN(CC(=O)Nc2ccccc2Sc2ccccc2)C[C@H](C)O1. The van der Waals surface area contributed by atoms with Crippen LogP contribution in [0.25, 0.3) is 0 Å². The Balaban J connectivity index is 1.63. The molecule has 0 radical (unpaired) electrons. The number of morpholine rings is 1. The van der Waals surface area contributed by atoms with Crippen LogP contribution in [0.1, 0.15) is 13.8 Å². The van der Waals surface area contributed by atoms with Crippen molar-refractivity contribution < 1.29 is 9.53 Å². The fourth-order valence-electron chi connectivity index (χ4n) is 3.08. The summed E-state index contributed by atoms with van der Waals surface area (Å²) in [5.74, 6) is 0.0161. The van der Waals surface area contributed by atoms with Crippen molar-refractivity contribution in [2.45, 2.75) is 35.8 Å². The van der Waals surface area contributed by atoms with Gasteiger partial charge in [-0.2, -0.15) is 0 Å². The van der Waals surface area contributed by atoms with Crippen LogP contribution < -0.4 is 5.32 Å². The summed E-state index contributed by atoms with van der Waals surface area (Å²) in [4.78, 5) is 16.8. The molecular formula is C20H24N2O2S. The zero-order chi connectivity index (χ0) is 17.6. The van der Waals surface area contributed by atoms with Gasteiger partial charge in [0.05, 0.1) is 24.4 Å². The Labute approximate surface area is 153 Å². The molecule has 1 fully saturated rings. The molecule has 2 aromatic rings. The molecule has 132 valence electrons. The molecule has 4 nitrogen and oxygen atoms in total. The van der Waals surface area contributed by atoms with E-state index >= 15 is 0 Å². The summed E-state index contributed by atoms with van der Waals surface area (Å²) >= 11 is 1.65. The topological polar surface area (TPSA) is 41.6 Å². The van der Waals surface area contributed by atoms with E-state index in [-0.39, 0.29) is 18.1 Å². The first kappa shape index (κ1) is 18.0.